The van der Waals surface area contributed by atoms with Crippen molar-refractivity contribution in [2.45, 2.75) is 6.54 Å². The van der Waals surface area contributed by atoms with Crippen LogP contribution in [0.1, 0.15) is 15.9 Å². The fourth-order valence-corrected chi connectivity index (χ4v) is 2.30. The summed E-state index contributed by atoms with van der Waals surface area (Å²) in [6.45, 7) is 0.534. The van der Waals surface area contributed by atoms with Gasteiger partial charge in [0.2, 0.25) is 0 Å². The molecule has 0 N–H and O–H groups in total. The zero-order valence-corrected chi connectivity index (χ0v) is 12.1. The van der Waals surface area contributed by atoms with Crippen LogP contribution >= 0.6 is 0 Å². The summed E-state index contributed by atoms with van der Waals surface area (Å²) >= 11 is 0. The molecule has 1 amide bonds. The molecule has 0 spiro atoms. The van der Waals surface area contributed by atoms with E-state index in [4.69, 9.17) is 0 Å². The van der Waals surface area contributed by atoms with Crippen molar-refractivity contribution in [1.82, 2.24) is 4.98 Å². The van der Waals surface area contributed by atoms with Crippen molar-refractivity contribution in [2.75, 3.05) is 4.90 Å². The Morgan fingerprint density at radius 2 is 1.41 bits per heavy atom. The smallest absolute Gasteiger partial charge is 0.258 e. The first-order valence-corrected chi connectivity index (χ1v) is 7.15. The number of hydrogen-bond donors (Lipinski definition) is 0. The molecule has 1 heterocycles. The molecule has 3 aromatic rings. The lowest BCUT2D eigenvalue weighted by Crippen LogP contribution is -2.30. The summed E-state index contributed by atoms with van der Waals surface area (Å²) in [6.07, 6.45) is 3.28. The Hall–Kier alpha value is -2.94. The van der Waals surface area contributed by atoms with E-state index in [1.165, 1.54) is 0 Å². The van der Waals surface area contributed by atoms with Crippen LogP contribution in [0.3, 0.4) is 0 Å². The van der Waals surface area contributed by atoms with E-state index < -0.39 is 0 Å². The maximum absolute atomic E-state index is 12.8. The molecule has 1 aromatic heterocycles. The third-order valence-corrected chi connectivity index (χ3v) is 3.42. The van der Waals surface area contributed by atoms with Gasteiger partial charge in [0.15, 0.2) is 0 Å². The average molecular weight is 288 g/mol. The summed E-state index contributed by atoms with van der Waals surface area (Å²) in [5.74, 6) is -0.0301. The summed E-state index contributed by atoms with van der Waals surface area (Å²) in [5.41, 5.74) is 2.61. The standard InChI is InChI=1S/C19H16N2O/c22-19(17-11-13-20-14-12-17)21(18-9-5-2-6-10-18)15-16-7-3-1-4-8-16/h1-14H,15H2. The summed E-state index contributed by atoms with van der Waals surface area (Å²) in [6, 6.07) is 23.2. The molecular weight excluding hydrogens is 272 g/mol. The minimum atomic E-state index is -0.0301. The molecule has 0 aliphatic rings. The minimum Gasteiger partial charge on any atom is -0.304 e. The van der Waals surface area contributed by atoms with Gasteiger partial charge in [-0.3, -0.25) is 9.78 Å². The number of benzene rings is 2. The van der Waals surface area contributed by atoms with Crippen molar-refractivity contribution >= 4 is 11.6 Å². The van der Waals surface area contributed by atoms with Crippen molar-refractivity contribution in [2.24, 2.45) is 0 Å². The van der Waals surface area contributed by atoms with Crippen LogP contribution in [-0.4, -0.2) is 10.9 Å². The van der Waals surface area contributed by atoms with E-state index in [2.05, 4.69) is 4.98 Å². The maximum Gasteiger partial charge on any atom is 0.258 e. The van der Waals surface area contributed by atoms with Crippen LogP contribution in [0.25, 0.3) is 0 Å². The number of aromatic nitrogens is 1. The molecule has 3 nitrogen and oxygen atoms in total. The Morgan fingerprint density at radius 1 is 0.818 bits per heavy atom. The van der Waals surface area contributed by atoms with E-state index in [1.807, 2.05) is 60.7 Å². The zero-order valence-electron chi connectivity index (χ0n) is 12.1. The lowest BCUT2D eigenvalue weighted by Gasteiger charge is -2.23. The van der Waals surface area contributed by atoms with Crippen molar-refractivity contribution in [3.8, 4) is 0 Å². The van der Waals surface area contributed by atoms with Gasteiger partial charge in [-0.05, 0) is 29.8 Å². The van der Waals surface area contributed by atoms with Gasteiger partial charge in [0, 0.05) is 23.6 Å². The molecule has 0 bridgehead atoms. The maximum atomic E-state index is 12.8. The highest BCUT2D eigenvalue weighted by Gasteiger charge is 2.17. The third kappa shape index (κ3) is 3.20. The molecule has 0 radical (unpaired) electrons. The van der Waals surface area contributed by atoms with Crippen LogP contribution in [-0.2, 0) is 6.54 Å². The Morgan fingerprint density at radius 3 is 2.05 bits per heavy atom. The molecule has 0 fully saturated rings. The summed E-state index contributed by atoms with van der Waals surface area (Å²) in [5, 5.41) is 0. The van der Waals surface area contributed by atoms with Gasteiger partial charge in [-0.2, -0.15) is 0 Å². The third-order valence-electron chi connectivity index (χ3n) is 3.42. The van der Waals surface area contributed by atoms with Crippen LogP contribution in [0.4, 0.5) is 5.69 Å². The van der Waals surface area contributed by atoms with Gasteiger partial charge in [0.1, 0.15) is 0 Å². The molecule has 0 aliphatic heterocycles. The number of carbonyl (C=O) groups is 1. The van der Waals surface area contributed by atoms with Gasteiger partial charge in [-0.15, -0.1) is 0 Å². The first kappa shape index (κ1) is 14.0. The second kappa shape index (κ2) is 6.68. The number of amides is 1. The molecule has 108 valence electrons. The first-order valence-electron chi connectivity index (χ1n) is 7.15. The number of para-hydroxylation sites is 1. The fourth-order valence-electron chi connectivity index (χ4n) is 2.30. The first-order chi connectivity index (χ1) is 10.8. The number of pyridine rings is 1. The molecule has 2 aromatic carbocycles. The van der Waals surface area contributed by atoms with Crippen LogP contribution < -0.4 is 4.90 Å². The molecule has 0 aliphatic carbocycles. The minimum absolute atomic E-state index is 0.0301. The van der Waals surface area contributed by atoms with E-state index in [0.29, 0.717) is 12.1 Å². The number of hydrogen-bond acceptors (Lipinski definition) is 2. The summed E-state index contributed by atoms with van der Waals surface area (Å²) in [7, 11) is 0. The van der Waals surface area contributed by atoms with E-state index in [-0.39, 0.29) is 5.91 Å². The van der Waals surface area contributed by atoms with Gasteiger partial charge < -0.3 is 4.90 Å². The van der Waals surface area contributed by atoms with Gasteiger partial charge in [-0.25, -0.2) is 0 Å². The monoisotopic (exact) mass is 288 g/mol. The molecule has 0 saturated carbocycles. The van der Waals surface area contributed by atoms with Crippen molar-refractivity contribution in [3.63, 3.8) is 0 Å². The highest BCUT2D eigenvalue weighted by Crippen LogP contribution is 2.19. The molecule has 3 heteroatoms. The van der Waals surface area contributed by atoms with E-state index >= 15 is 0 Å². The van der Waals surface area contributed by atoms with Gasteiger partial charge >= 0.3 is 0 Å². The lowest BCUT2D eigenvalue weighted by atomic mass is 10.1. The molecule has 0 unspecified atom stereocenters. The number of nitrogens with zero attached hydrogens (tertiary/aromatic N) is 2. The number of anilines is 1. The van der Waals surface area contributed by atoms with Crippen LogP contribution in [0, 0.1) is 0 Å². The molecule has 22 heavy (non-hydrogen) atoms. The quantitative estimate of drug-likeness (QED) is 0.729. The predicted molar refractivity (Wildman–Crippen MR) is 87.6 cm³/mol. The molecule has 3 rings (SSSR count). The molecule has 0 saturated heterocycles. The summed E-state index contributed by atoms with van der Waals surface area (Å²) in [4.78, 5) is 18.6. The number of rotatable bonds is 4. The second-order valence-corrected chi connectivity index (χ2v) is 4.95. The van der Waals surface area contributed by atoms with Crippen LogP contribution in [0.15, 0.2) is 85.2 Å². The van der Waals surface area contributed by atoms with Gasteiger partial charge in [0.05, 0.1) is 6.54 Å². The number of carbonyl (C=O) groups excluding carboxylic acids is 1. The largest absolute Gasteiger partial charge is 0.304 e. The zero-order chi connectivity index (χ0) is 15.2. The Bertz CT molecular complexity index is 727. The van der Waals surface area contributed by atoms with Crippen molar-refractivity contribution < 1.29 is 4.79 Å². The van der Waals surface area contributed by atoms with Crippen LogP contribution in [0.5, 0.6) is 0 Å². The van der Waals surface area contributed by atoms with Crippen molar-refractivity contribution in [3.05, 3.63) is 96.3 Å². The Kier molecular flexibility index (Phi) is 4.25. The topological polar surface area (TPSA) is 33.2 Å². The summed E-state index contributed by atoms with van der Waals surface area (Å²) < 4.78 is 0. The highest BCUT2D eigenvalue weighted by molar-refractivity contribution is 6.05. The second-order valence-electron chi connectivity index (χ2n) is 4.95. The predicted octanol–water partition coefficient (Wildman–Crippen LogP) is 3.93. The fraction of sp³-hybridized carbons (Fsp3) is 0.0526. The molecular formula is C19H16N2O. The van der Waals surface area contributed by atoms with Crippen molar-refractivity contribution in [1.29, 1.82) is 0 Å². The average Bonchev–Trinajstić information content (AvgIpc) is 2.61. The van der Waals surface area contributed by atoms with Crippen LogP contribution in [0.2, 0.25) is 0 Å². The Labute approximate surface area is 129 Å². The van der Waals surface area contributed by atoms with Gasteiger partial charge in [0.25, 0.3) is 5.91 Å². The molecule has 0 atom stereocenters. The SMILES string of the molecule is O=C(c1ccncc1)N(Cc1ccccc1)c1ccccc1. The Balaban J connectivity index is 1.95. The van der Waals surface area contributed by atoms with E-state index in [0.717, 1.165) is 11.3 Å². The lowest BCUT2D eigenvalue weighted by molar-refractivity contribution is 0.0985. The normalized spacial score (nSPS) is 10.2. The highest BCUT2D eigenvalue weighted by atomic mass is 16.2. The van der Waals surface area contributed by atoms with E-state index in [1.54, 1.807) is 29.4 Å². The van der Waals surface area contributed by atoms with Gasteiger partial charge in [-0.1, -0.05) is 48.5 Å². The van der Waals surface area contributed by atoms with E-state index in [9.17, 15) is 4.79 Å².